The summed E-state index contributed by atoms with van der Waals surface area (Å²) >= 11 is 0. The van der Waals surface area contributed by atoms with Crippen LogP contribution in [0.1, 0.15) is 58.8 Å². The maximum atomic E-state index is 6.34. The molecule has 29 heavy (non-hydrogen) atoms. The molecule has 6 rings (SSSR count). The number of para-hydroxylation sites is 2. The molecule has 2 radical (unpaired) electrons. The van der Waals surface area contributed by atoms with E-state index in [9.17, 15) is 0 Å². The molecule has 2 aromatic rings. The fraction of sp³-hybridized carbons (Fsp3) is 0.577. The zero-order chi connectivity index (χ0) is 19.8. The molecule has 2 fully saturated rings. The van der Waals surface area contributed by atoms with E-state index in [0.717, 1.165) is 29.7 Å². The minimum Gasteiger partial charge on any atom is -0.302 e. The molecule has 0 saturated heterocycles. The summed E-state index contributed by atoms with van der Waals surface area (Å²) in [4.78, 5) is 4.69. The summed E-state index contributed by atoms with van der Waals surface area (Å²) in [5, 5.41) is 0. The van der Waals surface area contributed by atoms with E-state index in [4.69, 9.17) is 7.85 Å². The molecule has 0 aliphatic heterocycles. The van der Waals surface area contributed by atoms with Gasteiger partial charge in [0.15, 0.2) is 0 Å². The average molecular weight is 382 g/mol. The number of imidazole rings is 1. The van der Waals surface area contributed by atoms with Gasteiger partial charge in [-0.05, 0) is 73.8 Å². The van der Waals surface area contributed by atoms with E-state index < -0.39 is 0 Å². The highest BCUT2D eigenvalue weighted by Gasteiger charge is 2.56. The molecule has 3 heteroatoms. The van der Waals surface area contributed by atoms with Gasteiger partial charge < -0.3 is 4.57 Å². The van der Waals surface area contributed by atoms with Crippen molar-refractivity contribution in [2.75, 3.05) is 0 Å². The van der Waals surface area contributed by atoms with E-state index in [-0.39, 0.29) is 5.41 Å². The van der Waals surface area contributed by atoms with E-state index in [2.05, 4.69) is 66.1 Å². The first-order valence-electron chi connectivity index (χ1n) is 11.6. The van der Waals surface area contributed by atoms with Crippen molar-refractivity contribution in [1.82, 2.24) is 9.55 Å². The van der Waals surface area contributed by atoms with Crippen LogP contribution in [0.5, 0.6) is 0 Å². The Hall–Kier alpha value is -1.77. The van der Waals surface area contributed by atoms with Crippen LogP contribution in [0.2, 0.25) is 5.82 Å². The van der Waals surface area contributed by atoms with Gasteiger partial charge in [0.25, 0.3) is 0 Å². The van der Waals surface area contributed by atoms with Crippen molar-refractivity contribution < 1.29 is 0 Å². The highest BCUT2D eigenvalue weighted by atomic mass is 15.1. The number of rotatable bonds is 1. The molecule has 0 amide bonds. The Balaban J connectivity index is 1.36. The van der Waals surface area contributed by atoms with Gasteiger partial charge in [0.1, 0.15) is 6.33 Å². The van der Waals surface area contributed by atoms with Gasteiger partial charge in [-0.1, -0.05) is 55.9 Å². The van der Waals surface area contributed by atoms with Crippen LogP contribution in [-0.4, -0.2) is 17.4 Å². The van der Waals surface area contributed by atoms with Crippen molar-refractivity contribution in [3.63, 3.8) is 0 Å². The number of benzene rings is 1. The standard InChI is InChI=1S/C26H31BN2/c1-25-13-11-18(27)15-17(25)7-8-19-20-9-10-24(26(20,2)14-12-21(19)25)29-16-28-22-5-3-4-6-23(22)29/h3-7,10,16,18-21H,8-9,11-15H2,1-2H3/t18?,19?,20?,21?,25-,26-/m0/s1. The Morgan fingerprint density at radius 3 is 2.72 bits per heavy atom. The van der Waals surface area contributed by atoms with Crippen molar-refractivity contribution in [1.29, 1.82) is 0 Å². The Morgan fingerprint density at radius 2 is 1.83 bits per heavy atom. The summed E-state index contributed by atoms with van der Waals surface area (Å²) in [6.45, 7) is 5.11. The lowest BCUT2D eigenvalue weighted by Gasteiger charge is -2.58. The van der Waals surface area contributed by atoms with Gasteiger partial charge in [-0.25, -0.2) is 4.98 Å². The number of aromatic nitrogens is 2. The topological polar surface area (TPSA) is 17.8 Å². The molecule has 2 nitrogen and oxygen atoms in total. The first-order valence-corrected chi connectivity index (χ1v) is 11.6. The lowest BCUT2D eigenvalue weighted by Crippen LogP contribution is -2.49. The predicted molar refractivity (Wildman–Crippen MR) is 121 cm³/mol. The first kappa shape index (κ1) is 18.0. The van der Waals surface area contributed by atoms with Crippen molar-refractivity contribution >= 4 is 24.6 Å². The van der Waals surface area contributed by atoms with Gasteiger partial charge >= 0.3 is 0 Å². The fourth-order valence-electron chi connectivity index (χ4n) is 7.76. The molecule has 1 aromatic heterocycles. The third-order valence-electron chi connectivity index (χ3n) is 9.40. The van der Waals surface area contributed by atoms with Gasteiger partial charge in [0, 0.05) is 11.1 Å². The highest BCUT2D eigenvalue weighted by molar-refractivity contribution is 6.11. The van der Waals surface area contributed by atoms with Crippen molar-refractivity contribution in [2.45, 2.75) is 64.6 Å². The highest BCUT2D eigenvalue weighted by Crippen LogP contribution is 2.66. The summed E-state index contributed by atoms with van der Waals surface area (Å²) in [6.07, 6.45) is 15.9. The fourth-order valence-corrected chi connectivity index (χ4v) is 7.76. The molecule has 0 spiro atoms. The molecule has 4 aliphatic rings. The quantitative estimate of drug-likeness (QED) is 0.412. The van der Waals surface area contributed by atoms with Gasteiger partial charge in [0.05, 0.1) is 18.9 Å². The van der Waals surface area contributed by atoms with Crippen LogP contribution >= 0.6 is 0 Å². The van der Waals surface area contributed by atoms with Gasteiger partial charge in [-0.15, -0.1) is 0 Å². The molecule has 0 bridgehead atoms. The Bertz CT molecular complexity index is 1030. The van der Waals surface area contributed by atoms with Crippen molar-refractivity contribution in [3.8, 4) is 0 Å². The largest absolute Gasteiger partial charge is 0.302 e. The zero-order valence-corrected chi connectivity index (χ0v) is 17.8. The zero-order valence-electron chi connectivity index (χ0n) is 17.8. The molecule has 1 aromatic carbocycles. The second-order valence-corrected chi connectivity index (χ2v) is 10.6. The van der Waals surface area contributed by atoms with Gasteiger partial charge in [0.2, 0.25) is 0 Å². The van der Waals surface area contributed by atoms with Crippen LogP contribution in [0.15, 0.2) is 48.3 Å². The summed E-state index contributed by atoms with van der Waals surface area (Å²) in [5.41, 5.74) is 6.20. The summed E-state index contributed by atoms with van der Waals surface area (Å²) < 4.78 is 2.39. The number of nitrogens with zero attached hydrogens (tertiary/aromatic N) is 2. The SMILES string of the molecule is [B]C1CC[C@@]2(C)C(=CCC3C2CC[C@]2(C)C(n4cnc5ccccc54)=CCC32)C1. The molecule has 6 atom stereocenters. The Morgan fingerprint density at radius 1 is 1.00 bits per heavy atom. The molecular formula is C26H31BN2. The van der Waals surface area contributed by atoms with Crippen LogP contribution in [0.3, 0.4) is 0 Å². The van der Waals surface area contributed by atoms with Crippen molar-refractivity contribution in [3.05, 3.63) is 48.3 Å². The van der Waals surface area contributed by atoms with Crippen LogP contribution in [-0.2, 0) is 0 Å². The number of hydrogen-bond donors (Lipinski definition) is 0. The molecule has 2 saturated carbocycles. The maximum Gasteiger partial charge on any atom is 0.100 e. The Kier molecular flexibility index (Phi) is 3.81. The number of fused-ring (bicyclic) bond motifs is 6. The molecule has 4 unspecified atom stereocenters. The average Bonchev–Trinajstić information content (AvgIpc) is 3.29. The first-order chi connectivity index (χ1) is 14.0. The van der Waals surface area contributed by atoms with E-state index in [0.29, 0.717) is 11.2 Å². The molecule has 4 aliphatic carbocycles. The number of hydrogen-bond acceptors (Lipinski definition) is 1. The monoisotopic (exact) mass is 382 g/mol. The van der Waals surface area contributed by atoms with E-state index in [1.165, 1.54) is 49.7 Å². The predicted octanol–water partition coefficient (Wildman–Crippen LogP) is 6.41. The van der Waals surface area contributed by atoms with Gasteiger partial charge in [-0.3, -0.25) is 0 Å². The smallest absolute Gasteiger partial charge is 0.100 e. The molecule has 0 N–H and O–H groups in total. The minimum absolute atomic E-state index is 0.261. The maximum absolute atomic E-state index is 6.34. The lowest BCUT2D eigenvalue weighted by molar-refractivity contribution is -0.0111. The lowest BCUT2D eigenvalue weighted by atomic mass is 9.46. The van der Waals surface area contributed by atoms with E-state index in [1.54, 1.807) is 5.57 Å². The van der Waals surface area contributed by atoms with Crippen LogP contribution in [0, 0.1) is 28.6 Å². The summed E-state index contributed by atoms with van der Waals surface area (Å²) in [7, 11) is 6.34. The van der Waals surface area contributed by atoms with Crippen LogP contribution in [0.4, 0.5) is 0 Å². The molecule has 148 valence electrons. The second-order valence-electron chi connectivity index (χ2n) is 10.6. The van der Waals surface area contributed by atoms with E-state index >= 15 is 0 Å². The summed E-state index contributed by atoms with van der Waals surface area (Å²) in [5.74, 6) is 2.78. The minimum atomic E-state index is 0.261. The van der Waals surface area contributed by atoms with Crippen LogP contribution in [0.25, 0.3) is 16.7 Å². The Labute approximate surface area is 175 Å². The molecule has 1 heterocycles. The molecular weight excluding hydrogens is 351 g/mol. The van der Waals surface area contributed by atoms with Crippen molar-refractivity contribution in [2.24, 2.45) is 28.6 Å². The third-order valence-corrected chi connectivity index (χ3v) is 9.40. The second kappa shape index (κ2) is 6.12. The van der Waals surface area contributed by atoms with E-state index in [1.807, 2.05) is 0 Å². The number of allylic oxidation sites excluding steroid dienone is 4. The summed E-state index contributed by atoms with van der Waals surface area (Å²) in [6, 6.07) is 8.56. The van der Waals surface area contributed by atoms with Gasteiger partial charge in [-0.2, -0.15) is 0 Å². The van der Waals surface area contributed by atoms with Crippen LogP contribution < -0.4 is 0 Å². The normalized spacial score (nSPS) is 41.3. The third kappa shape index (κ3) is 2.39.